The molecule has 0 aliphatic carbocycles. The summed E-state index contributed by atoms with van der Waals surface area (Å²) in [6.07, 6.45) is 5.01. The van der Waals surface area contributed by atoms with Crippen LogP contribution in [0.2, 0.25) is 0 Å². The molecule has 3 nitrogen and oxygen atoms in total. The third-order valence-electron chi connectivity index (χ3n) is 4.27. The first-order valence-corrected chi connectivity index (χ1v) is 8.15. The third kappa shape index (κ3) is 6.24. The predicted octanol–water partition coefficient (Wildman–Crippen LogP) is 2.90. The first kappa shape index (κ1) is 16.9. The van der Waals surface area contributed by atoms with E-state index in [1.807, 2.05) is 0 Å². The summed E-state index contributed by atoms with van der Waals surface area (Å²) in [5.74, 6) is 0. The molecule has 0 aromatic carbocycles. The highest BCUT2D eigenvalue weighted by atomic mass is 16.5. The molecule has 3 heteroatoms. The largest absolute Gasteiger partial charge is 0.381 e. The van der Waals surface area contributed by atoms with Crippen LogP contribution in [0, 0.1) is 5.41 Å². The standard InChI is InChI=1S/C16H34N2O/c1-5-7-10-18(6-2)14-16(13-17-15(3)4)8-11-19-12-9-16/h15,17H,5-14H2,1-4H3. The van der Waals surface area contributed by atoms with E-state index in [9.17, 15) is 0 Å². The molecule has 0 aromatic rings. The first-order chi connectivity index (χ1) is 9.12. The monoisotopic (exact) mass is 270 g/mol. The van der Waals surface area contributed by atoms with Crippen molar-refractivity contribution in [1.29, 1.82) is 0 Å². The van der Waals surface area contributed by atoms with Crippen LogP contribution >= 0.6 is 0 Å². The number of hydrogen-bond acceptors (Lipinski definition) is 3. The molecule has 114 valence electrons. The molecule has 1 heterocycles. The van der Waals surface area contributed by atoms with Gasteiger partial charge < -0.3 is 15.0 Å². The molecule has 19 heavy (non-hydrogen) atoms. The minimum atomic E-state index is 0.423. The molecule has 1 rings (SSSR count). The van der Waals surface area contributed by atoms with Crippen molar-refractivity contribution in [2.45, 2.75) is 59.4 Å². The Labute approximate surface area is 120 Å². The van der Waals surface area contributed by atoms with Crippen LogP contribution in [0.1, 0.15) is 53.4 Å². The molecule has 1 aliphatic heterocycles. The van der Waals surface area contributed by atoms with Crippen molar-refractivity contribution in [3.8, 4) is 0 Å². The summed E-state index contributed by atoms with van der Waals surface area (Å²) in [7, 11) is 0. The Morgan fingerprint density at radius 1 is 1.21 bits per heavy atom. The summed E-state index contributed by atoms with van der Waals surface area (Å²) >= 11 is 0. The van der Waals surface area contributed by atoms with Crippen LogP contribution in [-0.2, 0) is 4.74 Å². The minimum absolute atomic E-state index is 0.423. The molecule has 0 saturated carbocycles. The van der Waals surface area contributed by atoms with E-state index in [1.165, 1.54) is 45.3 Å². The van der Waals surface area contributed by atoms with Crippen molar-refractivity contribution in [2.75, 3.05) is 39.4 Å². The van der Waals surface area contributed by atoms with Gasteiger partial charge in [-0.1, -0.05) is 34.1 Å². The highest BCUT2D eigenvalue weighted by Crippen LogP contribution is 2.31. The maximum atomic E-state index is 5.58. The number of nitrogens with one attached hydrogen (secondary N) is 1. The molecule has 1 N–H and O–H groups in total. The Balaban J connectivity index is 2.55. The average molecular weight is 270 g/mol. The Morgan fingerprint density at radius 3 is 2.42 bits per heavy atom. The number of nitrogens with zero attached hydrogens (tertiary/aromatic N) is 1. The predicted molar refractivity (Wildman–Crippen MR) is 82.6 cm³/mol. The molecule has 1 fully saturated rings. The highest BCUT2D eigenvalue weighted by Gasteiger charge is 2.33. The summed E-state index contributed by atoms with van der Waals surface area (Å²) in [5, 5.41) is 3.66. The maximum absolute atomic E-state index is 5.58. The van der Waals surface area contributed by atoms with Crippen LogP contribution in [0.3, 0.4) is 0 Å². The quantitative estimate of drug-likeness (QED) is 0.697. The van der Waals surface area contributed by atoms with Gasteiger partial charge in [-0.3, -0.25) is 0 Å². The molecule has 1 saturated heterocycles. The van der Waals surface area contributed by atoms with E-state index >= 15 is 0 Å². The highest BCUT2D eigenvalue weighted by molar-refractivity contribution is 4.87. The van der Waals surface area contributed by atoms with E-state index in [1.54, 1.807) is 0 Å². The smallest absolute Gasteiger partial charge is 0.0472 e. The number of unbranched alkanes of at least 4 members (excludes halogenated alkanes) is 1. The van der Waals surface area contributed by atoms with Crippen LogP contribution in [0.5, 0.6) is 0 Å². The normalized spacial score (nSPS) is 19.3. The van der Waals surface area contributed by atoms with Gasteiger partial charge in [-0.05, 0) is 37.8 Å². The molecule has 0 aromatic heterocycles. The third-order valence-corrected chi connectivity index (χ3v) is 4.27. The molecule has 0 bridgehead atoms. The van der Waals surface area contributed by atoms with Crippen LogP contribution in [0.25, 0.3) is 0 Å². The molecule has 0 atom stereocenters. The SMILES string of the molecule is CCCCN(CC)CC1(CNC(C)C)CCOCC1. The first-order valence-electron chi connectivity index (χ1n) is 8.15. The lowest BCUT2D eigenvalue weighted by atomic mass is 9.79. The van der Waals surface area contributed by atoms with Gasteiger partial charge in [0.05, 0.1) is 0 Å². The molecular weight excluding hydrogens is 236 g/mol. The zero-order chi connectivity index (χ0) is 14.1. The lowest BCUT2D eigenvalue weighted by molar-refractivity contribution is -0.00468. The second-order valence-corrected chi connectivity index (χ2v) is 6.37. The van der Waals surface area contributed by atoms with E-state index in [4.69, 9.17) is 4.74 Å². The van der Waals surface area contributed by atoms with Gasteiger partial charge in [-0.15, -0.1) is 0 Å². The van der Waals surface area contributed by atoms with Crippen LogP contribution in [0.15, 0.2) is 0 Å². The fraction of sp³-hybridized carbons (Fsp3) is 1.00. The van der Waals surface area contributed by atoms with Gasteiger partial charge in [0.2, 0.25) is 0 Å². The fourth-order valence-electron chi connectivity index (χ4n) is 2.82. The van der Waals surface area contributed by atoms with E-state index < -0.39 is 0 Å². The number of hydrogen-bond donors (Lipinski definition) is 1. The lowest BCUT2D eigenvalue weighted by Crippen LogP contribution is -2.48. The number of rotatable bonds is 9. The van der Waals surface area contributed by atoms with Crippen molar-refractivity contribution >= 4 is 0 Å². The second-order valence-electron chi connectivity index (χ2n) is 6.37. The van der Waals surface area contributed by atoms with Gasteiger partial charge in [0.15, 0.2) is 0 Å². The molecule has 0 radical (unpaired) electrons. The molecule has 1 aliphatic rings. The van der Waals surface area contributed by atoms with E-state index in [2.05, 4.69) is 37.9 Å². The van der Waals surface area contributed by atoms with Gasteiger partial charge in [0.25, 0.3) is 0 Å². The summed E-state index contributed by atoms with van der Waals surface area (Å²) in [6.45, 7) is 15.7. The zero-order valence-electron chi connectivity index (χ0n) is 13.5. The van der Waals surface area contributed by atoms with Crippen LogP contribution < -0.4 is 5.32 Å². The van der Waals surface area contributed by atoms with Crippen molar-refractivity contribution < 1.29 is 4.74 Å². The fourth-order valence-corrected chi connectivity index (χ4v) is 2.82. The summed E-state index contributed by atoms with van der Waals surface area (Å²) < 4.78 is 5.58. The zero-order valence-corrected chi connectivity index (χ0v) is 13.5. The van der Waals surface area contributed by atoms with Gasteiger partial charge in [0.1, 0.15) is 0 Å². The molecule has 0 unspecified atom stereocenters. The summed E-state index contributed by atoms with van der Waals surface area (Å²) in [6, 6.07) is 0.574. The van der Waals surface area contributed by atoms with E-state index in [0.29, 0.717) is 11.5 Å². The van der Waals surface area contributed by atoms with Gasteiger partial charge in [-0.2, -0.15) is 0 Å². The van der Waals surface area contributed by atoms with Gasteiger partial charge in [0, 0.05) is 32.3 Å². The van der Waals surface area contributed by atoms with Crippen LogP contribution in [-0.4, -0.2) is 50.3 Å². The van der Waals surface area contributed by atoms with Crippen LogP contribution in [0.4, 0.5) is 0 Å². The van der Waals surface area contributed by atoms with E-state index in [0.717, 1.165) is 19.8 Å². The minimum Gasteiger partial charge on any atom is -0.381 e. The Kier molecular flexibility index (Phi) is 7.96. The molecule has 0 spiro atoms. The molecular formula is C16H34N2O. The maximum Gasteiger partial charge on any atom is 0.0472 e. The Morgan fingerprint density at radius 2 is 1.89 bits per heavy atom. The van der Waals surface area contributed by atoms with Gasteiger partial charge >= 0.3 is 0 Å². The Hall–Kier alpha value is -0.120. The summed E-state index contributed by atoms with van der Waals surface area (Å²) in [4.78, 5) is 2.64. The lowest BCUT2D eigenvalue weighted by Gasteiger charge is -2.41. The van der Waals surface area contributed by atoms with Crippen molar-refractivity contribution in [3.63, 3.8) is 0 Å². The summed E-state index contributed by atoms with van der Waals surface area (Å²) in [5.41, 5.74) is 0.423. The molecule has 0 amide bonds. The van der Waals surface area contributed by atoms with Crippen molar-refractivity contribution in [2.24, 2.45) is 5.41 Å². The second kappa shape index (κ2) is 8.93. The van der Waals surface area contributed by atoms with E-state index in [-0.39, 0.29) is 0 Å². The average Bonchev–Trinajstić information content (AvgIpc) is 2.42. The van der Waals surface area contributed by atoms with Crippen molar-refractivity contribution in [3.05, 3.63) is 0 Å². The Bertz CT molecular complexity index is 225. The topological polar surface area (TPSA) is 24.5 Å². The van der Waals surface area contributed by atoms with Crippen molar-refractivity contribution in [1.82, 2.24) is 10.2 Å². The number of ether oxygens (including phenoxy) is 1. The van der Waals surface area contributed by atoms with Gasteiger partial charge in [-0.25, -0.2) is 0 Å².